The Labute approximate surface area is 116 Å². The van der Waals surface area contributed by atoms with Crippen molar-refractivity contribution in [3.63, 3.8) is 0 Å². The highest BCUT2D eigenvalue weighted by Crippen LogP contribution is 2.22. The van der Waals surface area contributed by atoms with Gasteiger partial charge in [-0.25, -0.2) is 4.79 Å². The van der Waals surface area contributed by atoms with Crippen molar-refractivity contribution >= 4 is 11.7 Å². The summed E-state index contributed by atoms with van der Waals surface area (Å²) in [4.78, 5) is 13.2. The molecule has 2 N–H and O–H groups in total. The van der Waals surface area contributed by atoms with Crippen LogP contribution in [-0.2, 0) is 13.6 Å². The molecule has 106 valence electrons. The first-order chi connectivity index (χ1) is 9.52. The normalized spacial score (nSPS) is 10.5. The molecule has 0 aliphatic heterocycles. The molecule has 0 saturated heterocycles. The molecule has 0 amide bonds. The summed E-state index contributed by atoms with van der Waals surface area (Å²) in [5.41, 5.74) is 1.67. The molecule has 0 radical (unpaired) electrons. The summed E-state index contributed by atoms with van der Waals surface area (Å²) in [6.07, 6.45) is 1.36. The molecule has 0 bridgehead atoms. The molecule has 0 unspecified atom stereocenters. The molecular weight excluding hydrogens is 258 g/mol. The van der Waals surface area contributed by atoms with Crippen molar-refractivity contribution in [2.75, 3.05) is 11.4 Å². The van der Waals surface area contributed by atoms with Gasteiger partial charge in [0.05, 0.1) is 18.4 Å². The lowest BCUT2D eigenvalue weighted by Gasteiger charge is -2.23. The molecule has 0 atom stereocenters. The van der Waals surface area contributed by atoms with Crippen LogP contribution in [0.1, 0.15) is 23.0 Å². The number of carboxylic acids is 1. The fraction of sp³-hybridized carbons (Fsp3) is 0.286. The number of rotatable bonds is 5. The van der Waals surface area contributed by atoms with E-state index < -0.39 is 5.97 Å². The number of aromatic nitrogens is 2. The third-order valence-electron chi connectivity index (χ3n) is 3.21. The lowest BCUT2D eigenvalue weighted by Crippen LogP contribution is -2.24. The minimum atomic E-state index is -0.986. The Morgan fingerprint density at radius 3 is 2.80 bits per heavy atom. The number of hydrogen-bond donors (Lipinski definition) is 2. The van der Waals surface area contributed by atoms with Gasteiger partial charge in [0.25, 0.3) is 0 Å². The van der Waals surface area contributed by atoms with Gasteiger partial charge in [-0.1, -0.05) is 6.07 Å². The summed E-state index contributed by atoms with van der Waals surface area (Å²) in [6, 6.07) is 6.89. The second-order valence-corrected chi connectivity index (χ2v) is 4.47. The van der Waals surface area contributed by atoms with Gasteiger partial charge in [-0.3, -0.25) is 4.68 Å². The van der Waals surface area contributed by atoms with Gasteiger partial charge in [0, 0.05) is 25.3 Å². The topological polar surface area (TPSA) is 78.6 Å². The maximum Gasteiger partial charge on any atom is 0.339 e. The monoisotopic (exact) mass is 275 g/mol. The van der Waals surface area contributed by atoms with Gasteiger partial charge >= 0.3 is 5.97 Å². The van der Waals surface area contributed by atoms with Crippen LogP contribution in [0.4, 0.5) is 5.69 Å². The smallest absolute Gasteiger partial charge is 0.339 e. The third-order valence-corrected chi connectivity index (χ3v) is 3.21. The number of hydrogen-bond acceptors (Lipinski definition) is 4. The van der Waals surface area contributed by atoms with Gasteiger partial charge in [0.15, 0.2) is 0 Å². The molecule has 1 aromatic heterocycles. The standard InChI is InChI=1S/C14H17N3O3/c1-3-17(10-5-4-6-11(18)7-10)9-13-12(14(19)20)8-15-16(13)2/h4-8,18H,3,9H2,1-2H3,(H,19,20). The lowest BCUT2D eigenvalue weighted by atomic mass is 10.2. The van der Waals surface area contributed by atoms with E-state index in [1.807, 2.05) is 17.9 Å². The van der Waals surface area contributed by atoms with E-state index in [0.29, 0.717) is 18.8 Å². The molecule has 0 fully saturated rings. The maximum absolute atomic E-state index is 11.2. The minimum Gasteiger partial charge on any atom is -0.508 e. The molecule has 0 aliphatic carbocycles. The van der Waals surface area contributed by atoms with Crippen LogP contribution in [-0.4, -0.2) is 32.5 Å². The van der Waals surface area contributed by atoms with Crippen molar-refractivity contribution in [3.05, 3.63) is 41.7 Å². The molecule has 20 heavy (non-hydrogen) atoms. The van der Waals surface area contributed by atoms with Crippen LogP contribution in [0.15, 0.2) is 30.5 Å². The van der Waals surface area contributed by atoms with E-state index in [0.717, 1.165) is 5.69 Å². The average Bonchev–Trinajstić information content (AvgIpc) is 2.77. The Hall–Kier alpha value is -2.50. The van der Waals surface area contributed by atoms with Crippen LogP contribution in [0.3, 0.4) is 0 Å². The zero-order chi connectivity index (χ0) is 14.7. The average molecular weight is 275 g/mol. The third kappa shape index (κ3) is 2.74. The highest BCUT2D eigenvalue weighted by Gasteiger charge is 2.17. The molecule has 2 rings (SSSR count). The molecule has 6 heteroatoms. The molecule has 0 spiro atoms. The Kier molecular flexibility index (Phi) is 3.93. The summed E-state index contributed by atoms with van der Waals surface area (Å²) in [5.74, 6) is -0.801. The summed E-state index contributed by atoms with van der Waals surface area (Å²) in [6.45, 7) is 3.08. The van der Waals surface area contributed by atoms with E-state index in [-0.39, 0.29) is 11.3 Å². The first-order valence-corrected chi connectivity index (χ1v) is 6.31. The van der Waals surface area contributed by atoms with E-state index in [9.17, 15) is 9.90 Å². The van der Waals surface area contributed by atoms with Gasteiger partial charge in [-0.05, 0) is 19.1 Å². The number of phenolic OH excluding ortho intramolecular Hbond substituents is 1. The van der Waals surface area contributed by atoms with Crippen LogP contribution >= 0.6 is 0 Å². The van der Waals surface area contributed by atoms with E-state index >= 15 is 0 Å². The fourth-order valence-corrected chi connectivity index (χ4v) is 2.09. The van der Waals surface area contributed by atoms with Crippen LogP contribution in [0.2, 0.25) is 0 Å². The number of carbonyl (C=O) groups is 1. The first kappa shape index (κ1) is 13.9. The zero-order valence-corrected chi connectivity index (χ0v) is 11.4. The Morgan fingerprint density at radius 2 is 2.20 bits per heavy atom. The predicted octanol–water partition coefficient (Wildman–Crippen LogP) is 1.85. The van der Waals surface area contributed by atoms with E-state index in [4.69, 9.17) is 5.11 Å². The van der Waals surface area contributed by atoms with E-state index in [2.05, 4.69) is 5.10 Å². The second kappa shape index (κ2) is 5.64. The quantitative estimate of drug-likeness (QED) is 0.870. The van der Waals surface area contributed by atoms with Gasteiger partial charge in [0.2, 0.25) is 0 Å². The van der Waals surface area contributed by atoms with Gasteiger partial charge in [0.1, 0.15) is 11.3 Å². The largest absolute Gasteiger partial charge is 0.508 e. The van der Waals surface area contributed by atoms with Gasteiger partial charge in [-0.2, -0.15) is 5.10 Å². The molecule has 1 aromatic carbocycles. The van der Waals surface area contributed by atoms with Crippen molar-refractivity contribution in [2.45, 2.75) is 13.5 Å². The van der Waals surface area contributed by atoms with Gasteiger partial charge < -0.3 is 15.1 Å². The number of nitrogens with zero attached hydrogens (tertiary/aromatic N) is 3. The fourth-order valence-electron chi connectivity index (χ4n) is 2.09. The summed E-state index contributed by atoms with van der Waals surface area (Å²) < 4.78 is 1.56. The number of aromatic carboxylic acids is 1. The van der Waals surface area contributed by atoms with Crippen molar-refractivity contribution in [2.24, 2.45) is 7.05 Å². The van der Waals surface area contributed by atoms with E-state index in [1.54, 1.807) is 29.9 Å². The molecular formula is C14H17N3O3. The molecule has 1 heterocycles. The maximum atomic E-state index is 11.2. The number of anilines is 1. The Morgan fingerprint density at radius 1 is 1.45 bits per heavy atom. The first-order valence-electron chi connectivity index (χ1n) is 6.31. The Bertz CT molecular complexity index is 622. The number of carboxylic acid groups (broad SMARTS) is 1. The number of aromatic hydroxyl groups is 1. The van der Waals surface area contributed by atoms with Crippen molar-refractivity contribution < 1.29 is 15.0 Å². The van der Waals surface area contributed by atoms with Crippen LogP contribution in [0, 0.1) is 0 Å². The minimum absolute atomic E-state index is 0.185. The van der Waals surface area contributed by atoms with Crippen LogP contribution in [0.25, 0.3) is 0 Å². The highest BCUT2D eigenvalue weighted by atomic mass is 16.4. The number of benzene rings is 1. The summed E-state index contributed by atoms with van der Waals surface area (Å²) in [7, 11) is 1.72. The second-order valence-electron chi connectivity index (χ2n) is 4.47. The Balaban J connectivity index is 2.31. The molecule has 2 aromatic rings. The van der Waals surface area contributed by atoms with Crippen molar-refractivity contribution in [3.8, 4) is 5.75 Å². The SMILES string of the molecule is CCN(Cc1c(C(=O)O)cnn1C)c1cccc(O)c1. The van der Waals surface area contributed by atoms with Crippen molar-refractivity contribution in [1.82, 2.24) is 9.78 Å². The lowest BCUT2D eigenvalue weighted by molar-refractivity contribution is 0.0695. The highest BCUT2D eigenvalue weighted by molar-refractivity contribution is 5.88. The van der Waals surface area contributed by atoms with Crippen LogP contribution in [0.5, 0.6) is 5.75 Å². The molecule has 0 aliphatic rings. The predicted molar refractivity (Wildman–Crippen MR) is 75.0 cm³/mol. The van der Waals surface area contributed by atoms with Gasteiger partial charge in [-0.15, -0.1) is 0 Å². The summed E-state index contributed by atoms with van der Waals surface area (Å²) in [5, 5.41) is 22.7. The van der Waals surface area contributed by atoms with Crippen molar-refractivity contribution in [1.29, 1.82) is 0 Å². The zero-order valence-electron chi connectivity index (χ0n) is 11.4. The number of phenols is 1. The molecule has 0 saturated carbocycles. The number of aryl methyl sites for hydroxylation is 1. The van der Waals surface area contributed by atoms with E-state index in [1.165, 1.54) is 6.20 Å². The summed E-state index contributed by atoms with van der Waals surface area (Å²) >= 11 is 0. The van der Waals surface area contributed by atoms with Crippen LogP contribution < -0.4 is 4.90 Å². The molecule has 6 nitrogen and oxygen atoms in total.